The minimum absolute atomic E-state index is 0.879. The third-order valence-corrected chi connectivity index (χ3v) is 14.6. The molecule has 0 atom stereocenters. The number of fused-ring (bicyclic) bond motifs is 7. The molecule has 14 aromatic rings. The van der Waals surface area contributed by atoms with E-state index < -0.39 is 0 Å². The topological polar surface area (TPSA) is 21.3 Å². The van der Waals surface area contributed by atoms with Crippen LogP contribution >= 0.6 is 0 Å². The van der Waals surface area contributed by atoms with Gasteiger partial charge in [0.25, 0.3) is 0 Å². The summed E-state index contributed by atoms with van der Waals surface area (Å²) in [6.45, 7) is 0. The summed E-state index contributed by atoms with van der Waals surface area (Å²) in [4.78, 5) is 2.37. The molecule has 3 heteroatoms. The quantitative estimate of drug-likeness (QED) is 0.144. The largest absolute Gasteiger partial charge is 0.456 e. The van der Waals surface area contributed by atoms with Crippen LogP contribution in [0.4, 0.5) is 17.1 Å². The second-order valence-electron chi connectivity index (χ2n) is 18.9. The number of nitrogens with zero attached hydrogens (tertiary/aromatic N) is 2. The van der Waals surface area contributed by atoms with Crippen LogP contribution in [0.1, 0.15) is 0 Å². The molecule has 0 fully saturated rings. The highest BCUT2D eigenvalue weighted by Crippen LogP contribution is 2.44. The maximum Gasteiger partial charge on any atom is 0.136 e. The van der Waals surface area contributed by atoms with Gasteiger partial charge in [-0.1, -0.05) is 200 Å². The first-order chi connectivity index (χ1) is 36.2. The van der Waals surface area contributed by atoms with E-state index in [1.807, 2.05) is 6.07 Å². The van der Waals surface area contributed by atoms with E-state index in [2.05, 4.69) is 282 Å². The molecule has 73 heavy (non-hydrogen) atoms. The van der Waals surface area contributed by atoms with Gasteiger partial charge >= 0.3 is 0 Å². The Morgan fingerprint density at radius 3 is 1.40 bits per heavy atom. The Morgan fingerprint density at radius 1 is 0.274 bits per heavy atom. The van der Waals surface area contributed by atoms with E-state index in [9.17, 15) is 0 Å². The Labute approximate surface area is 423 Å². The van der Waals surface area contributed by atoms with Crippen LogP contribution in [0.3, 0.4) is 0 Å². The normalized spacial score (nSPS) is 11.6. The lowest BCUT2D eigenvalue weighted by Crippen LogP contribution is -2.09. The molecule has 0 aliphatic heterocycles. The summed E-state index contributed by atoms with van der Waals surface area (Å²) in [5.41, 5.74) is 20.1. The Morgan fingerprint density at radius 2 is 0.753 bits per heavy atom. The van der Waals surface area contributed by atoms with Crippen molar-refractivity contribution in [1.29, 1.82) is 0 Å². The summed E-state index contributed by atoms with van der Waals surface area (Å²) in [7, 11) is 0. The molecule has 12 aromatic carbocycles. The smallest absolute Gasteiger partial charge is 0.136 e. The van der Waals surface area contributed by atoms with Gasteiger partial charge in [0.1, 0.15) is 11.2 Å². The fraction of sp³-hybridized carbons (Fsp3) is 0. The van der Waals surface area contributed by atoms with Gasteiger partial charge in [-0.15, -0.1) is 0 Å². The minimum atomic E-state index is 0.879. The van der Waals surface area contributed by atoms with Crippen molar-refractivity contribution in [2.75, 3.05) is 4.90 Å². The lowest BCUT2D eigenvalue weighted by Gasteiger charge is -2.26. The van der Waals surface area contributed by atoms with E-state index in [-0.39, 0.29) is 0 Å². The Bertz CT molecular complexity index is 4280. The molecule has 0 bridgehead atoms. The summed E-state index contributed by atoms with van der Waals surface area (Å²) < 4.78 is 8.87. The maximum atomic E-state index is 6.46. The zero-order chi connectivity index (χ0) is 48.2. The Hall–Kier alpha value is -9.70. The zero-order valence-corrected chi connectivity index (χ0v) is 39.9. The van der Waals surface area contributed by atoms with E-state index in [4.69, 9.17) is 4.42 Å². The Balaban J connectivity index is 0.897. The molecule has 2 heterocycles. The van der Waals surface area contributed by atoms with Crippen molar-refractivity contribution in [1.82, 2.24) is 4.57 Å². The van der Waals surface area contributed by atoms with Crippen LogP contribution in [0.25, 0.3) is 116 Å². The predicted octanol–water partition coefficient (Wildman–Crippen LogP) is 19.6. The van der Waals surface area contributed by atoms with E-state index in [0.29, 0.717) is 0 Å². The van der Waals surface area contributed by atoms with Crippen LogP contribution in [0.2, 0.25) is 0 Å². The van der Waals surface area contributed by atoms with Crippen molar-refractivity contribution in [2.45, 2.75) is 0 Å². The van der Waals surface area contributed by atoms with Crippen LogP contribution in [0.15, 0.2) is 283 Å². The zero-order valence-electron chi connectivity index (χ0n) is 39.9. The second kappa shape index (κ2) is 17.6. The van der Waals surface area contributed by atoms with Crippen LogP contribution in [0.5, 0.6) is 0 Å². The highest BCUT2D eigenvalue weighted by Gasteiger charge is 2.20. The first kappa shape index (κ1) is 42.2. The number of anilines is 3. The number of hydrogen-bond acceptors (Lipinski definition) is 2. The number of rotatable bonds is 9. The third-order valence-electron chi connectivity index (χ3n) is 14.6. The average molecular weight is 931 g/mol. The molecule has 0 N–H and O–H groups in total. The molecular formula is C70H46N2O. The van der Waals surface area contributed by atoms with E-state index >= 15 is 0 Å². The molecule has 14 rings (SSSR count). The molecule has 0 spiro atoms. The second-order valence-corrected chi connectivity index (χ2v) is 18.9. The van der Waals surface area contributed by atoms with E-state index in [1.165, 1.54) is 66.0 Å². The standard InChI is InChI=1S/C70H46N2O/c1-2-13-47(14-3-1)49-25-27-50(28-26-49)51-31-37-56(38-32-51)71(57-39-33-52(34-40-57)55-30-29-48-15-4-5-16-54(48)45-55)58-41-35-53(36-42-58)65-46-59(72-66-21-9-6-17-61(66)62-18-7-10-22-67(62)72)43-44-60(65)63-20-12-24-69-70(63)64-19-8-11-23-68(64)73-69/h1-46H. The van der Waals surface area contributed by atoms with Gasteiger partial charge in [0.05, 0.1) is 11.0 Å². The summed E-state index contributed by atoms with van der Waals surface area (Å²) in [6, 6.07) is 101. The van der Waals surface area contributed by atoms with Gasteiger partial charge in [-0.3, -0.25) is 0 Å². The average Bonchev–Trinajstić information content (AvgIpc) is 4.02. The van der Waals surface area contributed by atoms with Gasteiger partial charge in [-0.2, -0.15) is 0 Å². The van der Waals surface area contributed by atoms with Crippen molar-refractivity contribution < 1.29 is 4.42 Å². The number of para-hydroxylation sites is 3. The van der Waals surface area contributed by atoms with E-state index in [1.54, 1.807) is 0 Å². The highest BCUT2D eigenvalue weighted by atomic mass is 16.3. The highest BCUT2D eigenvalue weighted by molar-refractivity contribution is 6.14. The summed E-state index contributed by atoms with van der Waals surface area (Å²) in [5.74, 6) is 0. The molecule has 0 radical (unpaired) electrons. The maximum absolute atomic E-state index is 6.46. The Kier molecular flexibility index (Phi) is 10.2. The van der Waals surface area contributed by atoms with Crippen molar-refractivity contribution >= 4 is 71.6 Å². The molecule has 0 aliphatic rings. The van der Waals surface area contributed by atoms with Gasteiger partial charge < -0.3 is 13.9 Å². The van der Waals surface area contributed by atoms with Crippen LogP contribution in [-0.4, -0.2) is 4.57 Å². The van der Waals surface area contributed by atoms with Crippen LogP contribution < -0.4 is 4.90 Å². The molecule has 0 aliphatic carbocycles. The number of benzene rings is 12. The number of furan rings is 1. The SMILES string of the molecule is c1ccc(-c2ccc(-c3ccc(N(c4ccc(-c5ccc6ccccc6c5)cc4)c4ccc(-c5cc(-n6c7ccccc7c7ccccc76)ccc5-c5cccc6oc7ccccc7c56)cc4)cc3)cc2)cc1. The third kappa shape index (κ3) is 7.46. The van der Waals surface area contributed by atoms with Gasteiger partial charge in [-0.25, -0.2) is 0 Å². The van der Waals surface area contributed by atoms with Crippen LogP contribution in [-0.2, 0) is 0 Å². The summed E-state index contributed by atoms with van der Waals surface area (Å²) >= 11 is 0. The van der Waals surface area contributed by atoms with E-state index in [0.717, 1.165) is 66.9 Å². The molecule has 0 saturated carbocycles. The van der Waals surface area contributed by atoms with Crippen LogP contribution in [0, 0.1) is 0 Å². The molecule has 3 nitrogen and oxygen atoms in total. The summed E-state index contributed by atoms with van der Waals surface area (Å²) in [6.07, 6.45) is 0. The minimum Gasteiger partial charge on any atom is -0.456 e. The fourth-order valence-electron chi connectivity index (χ4n) is 11.0. The molecule has 2 aromatic heterocycles. The lowest BCUT2D eigenvalue weighted by molar-refractivity contribution is 0.669. The van der Waals surface area contributed by atoms with Crippen molar-refractivity contribution in [3.8, 4) is 61.3 Å². The monoisotopic (exact) mass is 930 g/mol. The van der Waals surface area contributed by atoms with Crippen molar-refractivity contribution in [2.24, 2.45) is 0 Å². The molecule has 0 unspecified atom stereocenters. The lowest BCUT2D eigenvalue weighted by atomic mass is 9.91. The fourth-order valence-corrected chi connectivity index (χ4v) is 11.0. The summed E-state index contributed by atoms with van der Waals surface area (Å²) in [5, 5.41) is 7.18. The first-order valence-electron chi connectivity index (χ1n) is 25.0. The molecular weight excluding hydrogens is 885 g/mol. The first-order valence-corrected chi connectivity index (χ1v) is 25.0. The molecule has 342 valence electrons. The predicted molar refractivity (Wildman–Crippen MR) is 307 cm³/mol. The van der Waals surface area contributed by atoms with Gasteiger partial charge in [0.2, 0.25) is 0 Å². The van der Waals surface area contributed by atoms with Crippen molar-refractivity contribution in [3.63, 3.8) is 0 Å². The van der Waals surface area contributed by atoms with Gasteiger partial charge in [-0.05, 0) is 145 Å². The molecule has 0 amide bonds. The number of aromatic nitrogens is 1. The van der Waals surface area contributed by atoms with Crippen molar-refractivity contribution in [3.05, 3.63) is 279 Å². The number of hydrogen-bond donors (Lipinski definition) is 0. The molecule has 0 saturated heterocycles. The van der Waals surface area contributed by atoms with Gasteiger partial charge in [0.15, 0.2) is 0 Å². The van der Waals surface area contributed by atoms with Gasteiger partial charge in [0, 0.05) is 44.3 Å².